The summed E-state index contributed by atoms with van der Waals surface area (Å²) in [4.78, 5) is 51.0. The Morgan fingerprint density at radius 3 is 1.10 bits per heavy atom. The number of hydrogen-bond donors (Lipinski definition) is 11. The van der Waals surface area contributed by atoms with Gasteiger partial charge in [-0.1, -0.05) is 258 Å². The molecule has 2 aliphatic heterocycles. The van der Waals surface area contributed by atoms with Gasteiger partial charge >= 0.3 is 25.7 Å². The zero-order valence-corrected chi connectivity index (χ0v) is 61.7. The van der Waals surface area contributed by atoms with Gasteiger partial charge in [0.25, 0.3) is 0 Å². The third-order valence-electron chi connectivity index (χ3n) is 19.3. The Kier molecular flexibility index (Phi) is 51.5. The van der Waals surface area contributed by atoms with Crippen LogP contribution in [0.1, 0.15) is 310 Å². The third kappa shape index (κ3) is 39.0. The highest BCUT2D eigenvalue weighted by Crippen LogP contribution is 2.49. The molecular weight excluding hydrogens is 1300 g/mol. The molecule has 99 heavy (non-hydrogen) atoms. The first-order valence-electron chi connectivity index (χ1n) is 39.0. The number of esters is 3. The van der Waals surface area contributed by atoms with Crippen LogP contribution in [0.3, 0.4) is 0 Å². The van der Waals surface area contributed by atoms with Crippen molar-refractivity contribution >= 4 is 25.7 Å². The van der Waals surface area contributed by atoms with Gasteiger partial charge in [-0.25, -0.2) is 4.57 Å². The van der Waals surface area contributed by atoms with Crippen LogP contribution >= 0.6 is 7.82 Å². The van der Waals surface area contributed by atoms with E-state index in [2.05, 4.69) is 32.9 Å². The maximum Gasteiger partial charge on any atom is 0.472 e. The number of aliphatic hydroxyl groups excluding tert-OH is 10. The van der Waals surface area contributed by atoms with Gasteiger partial charge in [0, 0.05) is 19.3 Å². The molecule has 0 aromatic heterocycles. The molecule has 18 unspecified atom stereocenters. The number of aliphatic hydroxyl groups is 10. The van der Waals surface area contributed by atoms with E-state index >= 15 is 0 Å². The van der Waals surface area contributed by atoms with E-state index < -0.39 is 156 Å². The van der Waals surface area contributed by atoms with Gasteiger partial charge in [0.05, 0.1) is 13.2 Å². The lowest BCUT2D eigenvalue weighted by Crippen LogP contribution is -2.69. The molecule has 2 heterocycles. The first-order valence-corrected chi connectivity index (χ1v) is 40.5. The number of rotatable bonds is 61. The number of carbonyl (C=O) groups excluding carboxylic acids is 3. The molecular formula is C74H137O24P. The molecule has 1 aliphatic carbocycles. The highest BCUT2D eigenvalue weighted by molar-refractivity contribution is 7.47. The van der Waals surface area contributed by atoms with E-state index in [0.29, 0.717) is 19.3 Å². The van der Waals surface area contributed by atoms with Crippen molar-refractivity contribution < 1.29 is 117 Å². The molecule has 2 saturated heterocycles. The van der Waals surface area contributed by atoms with Crippen LogP contribution in [0.4, 0.5) is 0 Å². The fourth-order valence-corrected chi connectivity index (χ4v) is 13.9. The lowest BCUT2D eigenvalue weighted by molar-refractivity contribution is -0.360. The van der Waals surface area contributed by atoms with Crippen molar-refractivity contribution in [2.75, 3.05) is 26.4 Å². The Morgan fingerprint density at radius 2 is 0.707 bits per heavy atom. The summed E-state index contributed by atoms with van der Waals surface area (Å²) in [7, 11) is -5.70. The van der Waals surface area contributed by atoms with E-state index in [-0.39, 0.29) is 19.3 Å². The molecule has 0 radical (unpaired) electrons. The van der Waals surface area contributed by atoms with Gasteiger partial charge in [-0.15, -0.1) is 0 Å². The molecule has 25 heteroatoms. The molecule has 24 nitrogen and oxygen atoms in total. The summed E-state index contributed by atoms with van der Waals surface area (Å²) in [6.07, 6.45) is 15.5. The Labute approximate surface area is 592 Å². The van der Waals surface area contributed by atoms with Crippen LogP contribution in [0.2, 0.25) is 0 Å². The molecule has 582 valence electrons. The fourth-order valence-electron chi connectivity index (χ4n) is 12.9. The minimum absolute atomic E-state index is 0.00969. The van der Waals surface area contributed by atoms with Crippen LogP contribution in [0.25, 0.3) is 0 Å². The maximum atomic E-state index is 14.3. The second-order valence-corrected chi connectivity index (χ2v) is 29.5. The molecule has 18 atom stereocenters. The summed E-state index contributed by atoms with van der Waals surface area (Å²) >= 11 is 0. The summed E-state index contributed by atoms with van der Waals surface area (Å²) in [5.41, 5.74) is 0. The summed E-state index contributed by atoms with van der Waals surface area (Å²) in [5, 5.41) is 110. The predicted molar refractivity (Wildman–Crippen MR) is 375 cm³/mol. The molecule has 0 aromatic carbocycles. The number of carbonyl (C=O) groups is 3. The Balaban J connectivity index is 1.72. The van der Waals surface area contributed by atoms with Crippen molar-refractivity contribution in [1.82, 2.24) is 0 Å². The van der Waals surface area contributed by atoms with Gasteiger partial charge < -0.3 is 89.1 Å². The molecule has 3 fully saturated rings. The Hall–Kier alpha value is -2.30. The third-order valence-corrected chi connectivity index (χ3v) is 20.3. The van der Waals surface area contributed by atoms with Gasteiger partial charge in [-0.05, 0) is 44.9 Å². The average molecular weight is 1440 g/mol. The minimum Gasteiger partial charge on any atom is -0.463 e. The normalized spacial score (nSPS) is 27.5. The van der Waals surface area contributed by atoms with Crippen LogP contribution in [-0.4, -0.2) is 204 Å². The van der Waals surface area contributed by atoms with Crippen molar-refractivity contribution in [3.8, 4) is 0 Å². The molecule has 0 bridgehead atoms. The Bertz CT molecular complexity index is 2090. The van der Waals surface area contributed by atoms with Crippen molar-refractivity contribution in [1.29, 1.82) is 0 Å². The first kappa shape index (κ1) is 90.9. The quantitative estimate of drug-likeness (QED) is 0.00886. The lowest BCUT2D eigenvalue weighted by Gasteiger charge is -2.49. The largest absolute Gasteiger partial charge is 0.472 e. The Morgan fingerprint density at radius 1 is 0.384 bits per heavy atom. The lowest BCUT2D eigenvalue weighted by atomic mass is 9.84. The summed E-state index contributed by atoms with van der Waals surface area (Å²) in [5.74, 6) is -1.99. The summed E-state index contributed by atoms with van der Waals surface area (Å²) in [6.45, 7) is 3.46. The topological polar surface area (TPSA) is 374 Å². The van der Waals surface area contributed by atoms with Gasteiger partial charge in [0.2, 0.25) is 0 Å². The van der Waals surface area contributed by atoms with E-state index in [1.807, 2.05) is 0 Å². The minimum atomic E-state index is -5.70. The second kappa shape index (κ2) is 56.1. The highest BCUT2D eigenvalue weighted by atomic mass is 31.2. The molecule has 3 aliphatic rings. The van der Waals surface area contributed by atoms with Gasteiger partial charge in [0.15, 0.2) is 18.7 Å². The van der Waals surface area contributed by atoms with Crippen LogP contribution in [-0.2, 0) is 61.2 Å². The fraction of sp³-hybridized carbons (Fsp3) is 0.932. The van der Waals surface area contributed by atoms with Crippen LogP contribution in [0, 0.1) is 0 Å². The number of phosphoric ester groups is 1. The maximum absolute atomic E-state index is 14.3. The van der Waals surface area contributed by atoms with Crippen molar-refractivity contribution in [2.45, 2.75) is 414 Å². The summed E-state index contributed by atoms with van der Waals surface area (Å²) in [6, 6.07) is 0. The zero-order chi connectivity index (χ0) is 72.5. The molecule has 0 amide bonds. The first-order chi connectivity index (χ1) is 47.8. The second-order valence-electron chi connectivity index (χ2n) is 28.1. The number of allylic oxidation sites excluding steroid dienone is 2. The van der Waals surface area contributed by atoms with Crippen molar-refractivity contribution in [3.05, 3.63) is 12.2 Å². The van der Waals surface area contributed by atoms with Crippen molar-refractivity contribution in [2.24, 2.45) is 0 Å². The summed E-state index contributed by atoms with van der Waals surface area (Å²) < 4.78 is 65.1. The molecule has 0 aromatic rings. The standard InChI is InChI=1S/C74H137O24P/c1-4-7-10-13-16-19-22-25-28-29-32-35-38-41-44-47-50-60(78)93-55(52-90-58(76)48-45-42-39-36-33-30-26-23-20-17-14-11-8-5-2)53-92-99(88,89)98-72-70(96-73-68(86)63(81)61(79)56(51-75)94-73)66(84)65(83)67(85)71(72)97-74-69(87)64(82)62(80)57(95-74)54-91-59(77)49-46-43-40-37-34-31-27-24-21-18-15-12-9-6-3/h31,34,55-57,61-75,79-87H,4-30,32-33,35-54H2,1-3H3,(H,88,89)/b34-31-. The van der Waals surface area contributed by atoms with Gasteiger partial charge in [-0.3, -0.25) is 23.4 Å². The monoisotopic (exact) mass is 1440 g/mol. The highest BCUT2D eigenvalue weighted by Gasteiger charge is 2.58. The van der Waals surface area contributed by atoms with E-state index in [1.54, 1.807) is 0 Å². The van der Waals surface area contributed by atoms with Gasteiger partial charge in [-0.2, -0.15) is 0 Å². The van der Waals surface area contributed by atoms with Crippen LogP contribution in [0.15, 0.2) is 12.2 Å². The number of unbranched alkanes of at least 4 members (excludes halogenated alkanes) is 38. The molecule has 11 N–H and O–H groups in total. The number of phosphoric acid groups is 1. The number of ether oxygens (including phenoxy) is 7. The average Bonchev–Trinajstić information content (AvgIpc) is 0.762. The van der Waals surface area contributed by atoms with E-state index in [0.717, 1.165) is 89.9 Å². The smallest absolute Gasteiger partial charge is 0.463 e. The predicted octanol–water partition coefficient (Wildman–Crippen LogP) is 11.1. The zero-order valence-electron chi connectivity index (χ0n) is 60.8. The van der Waals surface area contributed by atoms with E-state index in [4.69, 9.17) is 42.2 Å². The van der Waals surface area contributed by atoms with Crippen molar-refractivity contribution in [3.63, 3.8) is 0 Å². The SMILES string of the molecule is CCCCCCCCC/C=C\CCCCCC(=O)OCC1OC(OC2C(O)C(O)C(O)C(OC3OC(CO)C(O)C(O)C3O)C2OP(=O)(O)OCC(COC(=O)CCCCCCCCCCCCCCCC)OC(=O)CCCCCCCCCCCCCCCCCC)C(O)C(O)C1O. The molecule has 1 saturated carbocycles. The van der Waals surface area contributed by atoms with Crippen LogP contribution in [0.5, 0.6) is 0 Å². The molecule has 0 spiro atoms. The number of hydrogen-bond acceptors (Lipinski definition) is 23. The molecule has 3 rings (SSSR count). The van der Waals surface area contributed by atoms with E-state index in [9.17, 15) is 74.9 Å². The van der Waals surface area contributed by atoms with Gasteiger partial charge in [0.1, 0.15) is 98.7 Å². The van der Waals surface area contributed by atoms with Crippen LogP contribution < -0.4 is 0 Å². The van der Waals surface area contributed by atoms with E-state index in [1.165, 1.54) is 161 Å².